The average molecular weight is 275 g/mol. The van der Waals surface area contributed by atoms with Gasteiger partial charge in [-0.1, -0.05) is 13.0 Å². The van der Waals surface area contributed by atoms with Crippen LogP contribution in [0.1, 0.15) is 25.2 Å². The number of pyridine rings is 1. The summed E-state index contributed by atoms with van der Waals surface area (Å²) in [6.45, 7) is 5.29. The number of nitrogens with zero attached hydrogens (tertiary/aromatic N) is 2. The van der Waals surface area contributed by atoms with Gasteiger partial charge in [0.15, 0.2) is 0 Å². The third-order valence-corrected chi connectivity index (χ3v) is 2.94. The van der Waals surface area contributed by atoms with Crippen LogP contribution in [0, 0.1) is 6.92 Å². The van der Waals surface area contributed by atoms with E-state index in [2.05, 4.69) is 4.98 Å². The molecule has 1 heterocycles. The monoisotopic (exact) mass is 275 g/mol. The van der Waals surface area contributed by atoms with Crippen LogP contribution in [0.2, 0.25) is 0 Å². The quantitative estimate of drug-likeness (QED) is 0.897. The van der Waals surface area contributed by atoms with E-state index in [4.69, 9.17) is 5.73 Å². The zero-order valence-electron chi connectivity index (χ0n) is 11.4. The van der Waals surface area contributed by atoms with E-state index in [1.165, 1.54) is 11.8 Å². The number of alkyl halides is 3. The summed E-state index contributed by atoms with van der Waals surface area (Å²) in [5.74, 6) is 0. The summed E-state index contributed by atoms with van der Waals surface area (Å²) >= 11 is 0. The zero-order chi connectivity index (χ0) is 14.6. The number of hydrogen-bond acceptors (Lipinski definition) is 3. The van der Waals surface area contributed by atoms with Gasteiger partial charge in [-0.2, -0.15) is 13.2 Å². The van der Waals surface area contributed by atoms with Crippen LogP contribution in [0.15, 0.2) is 18.2 Å². The van der Waals surface area contributed by atoms with Gasteiger partial charge in [-0.25, -0.2) is 0 Å². The second-order valence-corrected chi connectivity index (χ2v) is 4.68. The van der Waals surface area contributed by atoms with Crippen LogP contribution < -0.4 is 5.73 Å². The lowest BCUT2D eigenvalue weighted by Gasteiger charge is -2.34. The predicted octanol–water partition coefficient (Wildman–Crippen LogP) is 2.49. The van der Waals surface area contributed by atoms with E-state index in [-0.39, 0.29) is 13.1 Å². The van der Waals surface area contributed by atoms with E-state index in [1.807, 2.05) is 13.0 Å². The highest BCUT2D eigenvalue weighted by molar-refractivity contribution is 5.10. The standard InChI is InChI=1S/C13H20F3N3/c1-4-19(12(10(3)17)13(14,15)16)8-11-7-5-6-9(2)18-11/h5-7,10,12H,4,8,17H2,1-3H3. The fraction of sp³-hybridized carbons (Fsp3) is 0.615. The fourth-order valence-corrected chi connectivity index (χ4v) is 2.14. The Balaban J connectivity index is 2.93. The molecule has 0 radical (unpaired) electrons. The van der Waals surface area contributed by atoms with Crippen molar-refractivity contribution in [3.8, 4) is 0 Å². The van der Waals surface area contributed by atoms with E-state index in [9.17, 15) is 13.2 Å². The molecule has 0 bridgehead atoms. The summed E-state index contributed by atoms with van der Waals surface area (Å²) in [4.78, 5) is 5.55. The van der Waals surface area contributed by atoms with Crippen LogP contribution in [-0.2, 0) is 6.54 Å². The topological polar surface area (TPSA) is 42.2 Å². The summed E-state index contributed by atoms with van der Waals surface area (Å²) in [6.07, 6.45) is -4.34. The third kappa shape index (κ3) is 4.47. The van der Waals surface area contributed by atoms with Crippen molar-refractivity contribution in [1.29, 1.82) is 0 Å². The molecule has 0 aliphatic heterocycles. The van der Waals surface area contributed by atoms with Crippen molar-refractivity contribution in [2.75, 3.05) is 6.54 Å². The number of nitrogens with two attached hydrogens (primary N) is 1. The Morgan fingerprint density at radius 2 is 2.00 bits per heavy atom. The van der Waals surface area contributed by atoms with Crippen molar-refractivity contribution in [3.05, 3.63) is 29.6 Å². The van der Waals surface area contributed by atoms with E-state index in [1.54, 1.807) is 19.1 Å². The lowest BCUT2D eigenvalue weighted by atomic mass is 10.1. The number of likely N-dealkylation sites (N-methyl/N-ethyl adjacent to an activating group) is 1. The van der Waals surface area contributed by atoms with Gasteiger partial charge in [-0.05, 0) is 32.5 Å². The number of aryl methyl sites for hydroxylation is 1. The molecular weight excluding hydrogens is 255 g/mol. The molecule has 2 unspecified atom stereocenters. The van der Waals surface area contributed by atoms with Gasteiger partial charge in [0, 0.05) is 18.3 Å². The number of hydrogen-bond donors (Lipinski definition) is 1. The van der Waals surface area contributed by atoms with Gasteiger partial charge < -0.3 is 5.73 Å². The first kappa shape index (κ1) is 15.9. The van der Waals surface area contributed by atoms with Gasteiger partial charge in [0.05, 0.1) is 5.69 Å². The van der Waals surface area contributed by atoms with Gasteiger partial charge in [0.1, 0.15) is 6.04 Å². The molecule has 0 spiro atoms. The van der Waals surface area contributed by atoms with Crippen LogP contribution >= 0.6 is 0 Å². The molecule has 0 aliphatic carbocycles. The maximum atomic E-state index is 13.0. The maximum Gasteiger partial charge on any atom is 0.405 e. The number of halogens is 3. The predicted molar refractivity (Wildman–Crippen MR) is 68.6 cm³/mol. The summed E-state index contributed by atoms with van der Waals surface area (Å²) in [6, 6.07) is 2.70. The summed E-state index contributed by atoms with van der Waals surface area (Å²) in [5, 5.41) is 0. The smallest absolute Gasteiger partial charge is 0.326 e. The molecule has 3 nitrogen and oxygen atoms in total. The molecule has 0 aromatic carbocycles. The maximum absolute atomic E-state index is 13.0. The highest BCUT2D eigenvalue weighted by Crippen LogP contribution is 2.27. The largest absolute Gasteiger partial charge is 0.405 e. The first-order chi connectivity index (χ1) is 8.75. The van der Waals surface area contributed by atoms with Gasteiger partial charge >= 0.3 is 6.18 Å². The van der Waals surface area contributed by atoms with Crippen LogP contribution in [0.3, 0.4) is 0 Å². The molecule has 1 aromatic rings. The highest BCUT2D eigenvalue weighted by Gasteiger charge is 2.45. The van der Waals surface area contributed by atoms with E-state index < -0.39 is 18.3 Å². The Morgan fingerprint density at radius 3 is 2.42 bits per heavy atom. The molecule has 0 fully saturated rings. The van der Waals surface area contributed by atoms with Gasteiger partial charge in [0.2, 0.25) is 0 Å². The first-order valence-electron chi connectivity index (χ1n) is 6.24. The van der Waals surface area contributed by atoms with Crippen molar-refractivity contribution in [3.63, 3.8) is 0 Å². The molecule has 1 rings (SSSR count). The molecule has 0 aliphatic rings. The molecule has 19 heavy (non-hydrogen) atoms. The van der Waals surface area contributed by atoms with Crippen molar-refractivity contribution < 1.29 is 13.2 Å². The van der Waals surface area contributed by atoms with Gasteiger partial charge in [0.25, 0.3) is 0 Å². The zero-order valence-corrected chi connectivity index (χ0v) is 11.4. The molecule has 2 N–H and O–H groups in total. The van der Waals surface area contributed by atoms with Crippen molar-refractivity contribution in [2.45, 2.75) is 45.6 Å². The summed E-state index contributed by atoms with van der Waals surface area (Å²) < 4.78 is 39.1. The van der Waals surface area contributed by atoms with Crippen LogP contribution in [0.4, 0.5) is 13.2 Å². The van der Waals surface area contributed by atoms with Gasteiger partial charge in [-0.3, -0.25) is 9.88 Å². The molecule has 2 atom stereocenters. The summed E-state index contributed by atoms with van der Waals surface area (Å²) in [5.41, 5.74) is 6.91. The van der Waals surface area contributed by atoms with E-state index >= 15 is 0 Å². The minimum Gasteiger partial charge on any atom is -0.326 e. The van der Waals surface area contributed by atoms with E-state index in [0.717, 1.165) is 5.69 Å². The Hall–Kier alpha value is -1.14. The second-order valence-electron chi connectivity index (χ2n) is 4.68. The molecule has 6 heteroatoms. The number of rotatable bonds is 5. The van der Waals surface area contributed by atoms with Crippen LogP contribution in [0.25, 0.3) is 0 Å². The normalized spacial score (nSPS) is 15.6. The SMILES string of the molecule is CCN(Cc1cccc(C)n1)C(C(C)N)C(F)(F)F. The second kappa shape index (κ2) is 6.34. The van der Waals surface area contributed by atoms with Crippen molar-refractivity contribution in [2.24, 2.45) is 5.73 Å². The lowest BCUT2D eigenvalue weighted by molar-refractivity contribution is -0.189. The third-order valence-electron chi connectivity index (χ3n) is 2.94. The Bertz CT molecular complexity index is 404. The Morgan fingerprint density at radius 1 is 1.37 bits per heavy atom. The van der Waals surface area contributed by atoms with Crippen molar-refractivity contribution in [1.82, 2.24) is 9.88 Å². The summed E-state index contributed by atoms with van der Waals surface area (Å²) in [7, 11) is 0. The van der Waals surface area contributed by atoms with Crippen molar-refractivity contribution >= 4 is 0 Å². The molecule has 0 amide bonds. The minimum absolute atomic E-state index is 0.143. The Labute approximate surface area is 111 Å². The van der Waals surface area contributed by atoms with Gasteiger partial charge in [-0.15, -0.1) is 0 Å². The molecular formula is C13H20F3N3. The first-order valence-corrected chi connectivity index (χ1v) is 6.24. The van der Waals surface area contributed by atoms with E-state index in [0.29, 0.717) is 5.69 Å². The molecule has 1 aromatic heterocycles. The Kier molecular flexibility index (Phi) is 5.31. The lowest BCUT2D eigenvalue weighted by Crippen LogP contribution is -2.54. The minimum atomic E-state index is -4.34. The number of aromatic nitrogens is 1. The van der Waals surface area contributed by atoms with Crippen LogP contribution in [-0.4, -0.2) is 34.7 Å². The van der Waals surface area contributed by atoms with Crippen LogP contribution in [0.5, 0.6) is 0 Å². The average Bonchev–Trinajstić information content (AvgIpc) is 2.25. The molecule has 0 saturated carbocycles. The molecule has 0 saturated heterocycles. The highest BCUT2D eigenvalue weighted by atomic mass is 19.4. The fourth-order valence-electron chi connectivity index (χ4n) is 2.14. The molecule has 108 valence electrons.